The number of benzene rings is 1. The van der Waals surface area contributed by atoms with E-state index in [4.69, 9.17) is 4.74 Å². The molecule has 0 fully saturated rings. The monoisotopic (exact) mass is 373 g/mol. The Morgan fingerprint density at radius 3 is 2.96 bits per heavy atom. The zero-order chi connectivity index (χ0) is 18.7. The van der Waals surface area contributed by atoms with Gasteiger partial charge in [0.15, 0.2) is 0 Å². The van der Waals surface area contributed by atoms with E-state index in [-0.39, 0.29) is 17.8 Å². The zero-order valence-corrected chi connectivity index (χ0v) is 14.7. The summed E-state index contributed by atoms with van der Waals surface area (Å²) in [6.45, 7) is 1.94. The van der Waals surface area contributed by atoms with E-state index < -0.39 is 10.9 Å². The molecule has 0 saturated carbocycles. The smallest absolute Gasteiger partial charge is 0.326 e. The van der Waals surface area contributed by atoms with Gasteiger partial charge < -0.3 is 4.74 Å². The summed E-state index contributed by atoms with van der Waals surface area (Å²) in [4.78, 5) is 39.8. The number of carbonyl (C=O) groups excluding carboxylic acids is 1. The number of hydrogen-bond acceptors (Lipinski definition) is 7. The molecule has 0 aliphatic rings. The van der Waals surface area contributed by atoms with Crippen LogP contribution in [-0.4, -0.2) is 27.1 Å². The third-order valence-corrected chi connectivity index (χ3v) is 4.58. The van der Waals surface area contributed by atoms with Crippen LogP contribution >= 0.6 is 11.3 Å². The van der Waals surface area contributed by atoms with Gasteiger partial charge in [0, 0.05) is 23.1 Å². The lowest BCUT2D eigenvalue weighted by Crippen LogP contribution is -2.25. The summed E-state index contributed by atoms with van der Waals surface area (Å²) in [6, 6.07) is 6.06. The van der Waals surface area contributed by atoms with Crippen LogP contribution in [0.2, 0.25) is 0 Å². The number of nitro groups is 1. The van der Waals surface area contributed by atoms with Crippen molar-refractivity contribution in [1.29, 1.82) is 0 Å². The Bertz CT molecular complexity index is 1040. The van der Waals surface area contributed by atoms with Gasteiger partial charge in [-0.25, -0.2) is 4.98 Å². The molecule has 0 radical (unpaired) electrons. The average Bonchev–Trinajstić information content (AvgIpc) is 3.07. The van der Waals surface area contributed by atoms with Crippen molar-refractivity contribution in [1.82, 2.24) is 9.55 Å². The van der Waals surface area contributed by atoms with E-state index in [2.05, 4.69) is 4.98 Å². The number of esters is 1. The Kier molecular flexibility index (Phi) is 5.08. The minimum Gasteiger partial charge on any atom is -0.464 e. The number of non-ortho nitro benzene ring substituents is 1. The molecule has 0 saturated heterocycles. The highest BCUT2D eigenvalue weighted by molar-refractivity contribution is 7.17. The maximum atomic E-state index is 12.8. The molecule has 0 unspecified atom stereocenters. The normalized spacial score (nSPS) is 10.8. The summed E-state index contributed by atoms with van der Waals surface area (Å²) in [5.41, 5.74) is 0.665. The second kappa shape index (κ2) is 7.44. The van der Waals surface area contributed by atoms with E-state index in [1.54, 1.807) is 17.5 Å². The Balaban J connectivity index is 2.04. The molecule has 134 valence electrons. The van der Waals surface area contributed by atoms with Gasteiger partial charge in [0.05, 0.1) is 23.2 Å². The first-order valence-corrected chi connectivity index (χ1v) is 8.76. The molecule has 0 bridgehead atoms. The molecule has 2 aromatic heterocycles. The number of aromatic nitrogens is 2. The fourth-order valence-electron chi connectivity index (χ4n) is 2.48. The maximum absolute atomic E-state index is 12.8. The van der Waals surface area contributed by atoms with E-state index in [9.17, 15) is 19.7 Å². The third kappa shape index (κ3) is 3.47. The number of ether oxygens (including phenoxy) is 1. The van der Waals surface area contributed by atoms with Crippen LogP contribution < -0.4 is 5.56 Å². The average molecular weight is 373 g/mol. The SMILES string of the molecule is CCCOC(=O)Cn1cnc2scc(-c3cccc([N+](=O)[O-])c3)c2c1=O. The first-order valence-electron chi connectivity index (χ1n) is 7.88. The molecule has 3 aromatic rings. The zero-order valence-electron chi connectivity index (χ0n) is 13.9. The number of nitrogens with zero attached hydrogens (tertiary/aromatic N) is 3. The van der Waals surface area contributed by atoms with Crippen molar-refractivity contribution in [3.8, 4) is 11.1 Å². The van der Waals surface area contributed by atoms with Gasteiger partial charge in [-0.3, -0.25) is 24.3 Å². The largest absolute Gasteiger partial charge is 0.464 e. The van der Waals surface area contributed by atoms with E-state index in [0.29, 0.717) is 34.4 Å². The minimum absolute atomic E-state index is 0.0609. The van der Waals surface area contributed by atoms with Crippen LogP contribution in [0.5, 0.6) is 0 Å². The fourth-order valence-corrected chi connectivity index (χ4v) is 3.39. The number of carbonyl (C=O) groups is 1. The summed E-state index contributed by atoms with van der Waals surface area (Å²) in [7, 11) is 0. The Morgan fingerprint density at radius 2 is 2.23 bits per heavy atom. The summed E-state index contributed by atoms with van der Waals surface area (Å²) in [6.07, 6.45) is 2.00. The van der Waals surface area contributed by atoms with Gasteiger partial charge >= 0.3 is 5.97 Å². The van der Waals surface area contributed by atoms with Crippen LogP contribution in [-0.2, 0) is 16.1 Å². The number of hydrogen-bond donors (Lipinski definition) is 0. The van der Waals surface area contributed by atoms with Gasteiger partial charge in [0.2, 0.25) is 0 Å². The van der Waals surface area contributed by atoms with Crippen LogP contribution in [0, 0.1) is 10.1 Å². The molecule has 0 spiro atoms. The molecule has 0 aliphatic heterocycles. The standard InChI is InChI=1S/C17H15N3O5S/c1-2-6-25-14(21)8-19-10-18-16-15(17(19)22)13(9-26-16)11-4-3-5-12(7-11)20(23)24/h3-5,7,9-10H,2,6,8H2,1H3. The van der Waals surface area contributed by atoms with Crippen molar-refractivity contribution >= 4 is 33.2 Å². The van der Waals surface area contributed by atoms with Crippen molar-refractivity contribution in [2.45, 2.75) is 19.9 Å². The summed E-state index contributed by atoms with van der Waals surface area (Å²) in [5, 5.41) is 13.1. The molecule has 0 aliphatic carbocycles. The molecular formula is C17H15N3O5S. The van der Waals surface area contributed by atoms with Crippen LogP contribution in [0.15, 0.2) is 40.8 Å². The molecule has 9 heteroatoms. The van der Waals surface area contributed by atoms with Gasteiger partial charge in [0.25, 0.3) is 11.2 Å². The number of rotatable bonds is 6. The lowest BCUT2D eigenvalue weighted by molar-refractivity contribution is -0.384. The summed E-state index contributed by atoms with van der Waals surface area (Å²) < 4.78 is 6.19. The predicted molar refractivity (Wildman–Crippen MR) is 97.2 cm³/mol. The second-order valence-corrected chi connectivity index (χ2v) is 6.39. The van der Waals surface area contributed by atoms with Gasteiger partial charge in [-0.2, -0.15) is 0 Å². The van der Waals surface area contributed by atoms with E-state index in [1.807, 2.05) is 6.92 Å². The molecular weight excluding hydrogens is 358 g/mol. The predicted octanol–water partition coefficient (Wildman–Crippen LogP) is 2.99. The molecule has 3 rings (SSSR count). The highest BCUT2D eigenvalue weighted by atomic mass is 32.1. The van der Waals surface area contributed by atoms with E-state index in [0.717, 1.165) is 0 Å². The van der Waals surface area contributed by atoms with Crippen molar-refractivity contribution in [3.63, 3.8) is 0 Å². The molecule has 2 heterocycles. The molecule has 1 aromatic carbocycles. The molecule has 26 heavy (non-hydrogen) atoms. The van der Waals surface area contributed by atoms with E-state index in [1.165, 1.54) is 34.4 Å². The number of thiophene rings is 1. The van der Waals surface area contributed by atoms with Crippen LogP contribution in [0.25, 0.3) is 21.3 Å². The number of fused-ring (bicyclic) bond motifs is 1. The molecule has 0 atom stereocenters. The van der Waals surface area contributed by atoms with Gasteiger partial charge in [-0.1, -0.05) is 19.1 Å². The lowest BCUT2D eigenvalue weighted by Gasteiger charge is -2.06. The second-order valence-electron chi connectivity index (χ2n) is 5.54. The first kappa shape index (κ1) is 17.7. The quantitative estimate of drug-likeness (QED) is 0.374. The highest BCUT2D eigenvalue weighted by Crippen LogP contribution is 2.32. The van der Waals surface area contributed by atoms with Crippen molar-refractivity contribution in [3.05, 3.63) is 56.4 Å². The van der Waals surface area contributed by atoms with Crippen molar-refractivity contribution < 1.29 is 14.5 Å². The van der Waals surface area contributed by atoms with Crippen LogP contribution in [0.1, 0.15) is 13.3 Å². The number of nitro benzene ring substituents is 1. The van der Waals surface area contributed by atoms with Gasteiger partial charge in [-0.15, -0.1) is 11.3 Å². The Morgan fingerprint density at radius 1 is 1.42 bits per heavy atom. The maximum Gasteiger partial charge on any atom is 0.326 e. The van der Waals surface area contributed by atoms with Gasteiger partial charge in [0.1, 0.15) is 11.4 Å². The Labute approximate surface area is 151 Å². The third-order valence-electron chi connectivity index (χ3n) is 3.70. The van der Waals surface area contributed by atoms with Crippen LogP contribution in [0.4, 0.5) is 5.69 Å². The van der Waals surface area contributed by atoms with Crippen molar-refractivity contribution in [2.75, 3.05) is 6.61 Å². The fraction of sp³-hybridized carbons (Fsp3) is 0.235. The molecule has 0 N–H and O–H groups in total. The topological polar surface area (TPSA) is 104 Å². The highest BCUT2D eigenvalue weighted by Gasteiger charge is 2.16. The Hall–Kier alpha value is -3.07. The molecule has 8 nitrogen and oxygen atoms in total. The first-order chi connectivity index (χ1) is 12.5. The molecule has 0 amide bonds. The van der Waals surface area contributed by atoms with Gasteiger partial charge in [-0.05, 0) is 12.0 Å². The summed E-state index contributed by atoms with van der Waals surface area (Å²) >= 11 is 1.27. The minimum atomic E-state index is -0.512. The van der Waals surface area contributed by atoms with Crippen LogP contribution in [0.3, 0.4) is 0 Å². The van der Waals surface area contributed by atoms with Crippen molar-refractivity contribution in [2.24, 2.45) is 0 Å². The lowest BCUT2D eigenvalue weighted by atomic mass is 10.1. The summed E-state index contributed by atoms with van der Waals surface area (Å²) in [5.74, 6) is -0.512. The van der Waals surface area contributed by atoms with E-state index >= 15 is 0 Å².